The minimum atomic E-state index is 0.231. The molecule has 0 atom stereocenters. The van der Waals surface area contributed by atoms with E-state index in [0.717, 1.165) is 0 Å². The van der Waals surface area contributed by atoms with Gasteiger partial charge in [-0.2, -0.15) is 15.2 Å². The van der Waals surface area contributed by atoms with E-state index in [1.54, 1.807) is 5.06 Å². The van der Waals surface area contributed by atoms with Crippen molar-refractivity contribution in [3.05, 3.63) is 0 Å². The topological polar surface area (TPSA) is 70.4 Å². The summed E-state index contributed by atoms with van der Waals surface area (Å²) in [4.78, 5) is 0. The molecule has 0 heterocycles. The van der Waals surface area contributed by atoms with Crippen LogP contribution in [0.25, 0.3) is 0 Å². The van der Waals surface area contributed by atoms with E-state index in [4.69, 9.17) is 5.21 Å². The lowest BCUT2D eigenvalue weighted by atomic mass is 9.90. The van der Waals surface area contributed by atoms with E-state index in [1.165, 1.54) is 106 Å². The zero-order valence-corrected chi connectivity index (χ0v) is 22.8. The van der Waals surface area contributed by atoms with Crippen LogP contribution < -0.4 is 0 Å². The van der Waals surface area contributed by atoms with Gasteiger partial charge < -0.3 is 15.6 Å². The number of hydroxylamine groups is 6. The molecule has 3 rings (SSSR count). The van der Waals surface area contributed by atoms with Crippen molar-refractivity contribution in [1.82, 2.24) is 15.2 Å². The molecule has 0 amide bonds. The Labute approximate surface area is 205 Å². The fourth-order valence-corrected chi connectivity index (χ4v) is 5.35. The predicted octanol–water partition coefficient (Wildman–Crippen LogP) is 7.26. The van der Waals surface area contributed by atoms with Gasteiger partial charge in [0.25, 0.3) is 0 Å². The molecule has 0 spiro atoms. The fourth-order valence-electron chi connectivity index (χ4n) is 5.35. The van der Waals surface area contributed by atoms with Crippen molar-refractivity contribution in [3.8, 4) is 0 Å². The first kappa shape index (κ1) is 30.8. The standard InChI is InChI=1S/C12H23NO.C9H19NO.C6H15NO/c14-13(11-7-3-1-4-8-11)12-9-5-2-6-10-12;1-8(2)10(11)9-6-4-3-5-7-9;1-5(2)7(8)6(3)4/h11-12,14H,1-10H2;8-9,11H,3-7H2,1-2H3;5-6,8H,1-4H3. The van der Waals surface area contributed by atoms with E-state index >= 15 is 0 Å². The summed E-state index contributed by atoms with van der Waals surface area (Å²) >= 11 is 0. The van der Waals surface area contributed by atoms with Crippen LogP contribution in [0.2, 0.25) is 0 Å². The molecule has 3 aliphatic rings. The molecule has 0 aromatic rings. The zero-order chi connectivity index (χ0) is 24.8. The molecular weight excluding hydrogens is 414 g/mol. The van der Waals surface area contributed by atoms with Gasteiger partial charge in [0.05, 0.1) is 0 Å². The third-order valence-electron chi connectivity index (χ3n) is 7.43. The summed E-state index contributed by atoms with van der Waals surface area (Å²) in [6, 6.07) is 2.13. The van der Waals surface area contributed by atoms with Crippen molar-refractivity contribution >= 4 is 0 Å². The maximum Gasteiger partial charge on any atom is 0.0353 e. The SMILES string of the molecule is CC(C)N(O)C(C)C.CC(C)N(O)C1CCCCC1.ON(C1CCCCC1)C1CCCCC1. The molecule has 3 aliphatic carbocycles. The van der Waals surface area contributed by atoms with Crippen molar-refractivity contribution in [1.29, 1.82) is 0 Å². The molecule has 0 unspecified atom stereocenters. The molecule has 0 saturated heterocycles. The maximum atomic E-state index is 10.1. The van der Waals surface area contributed by atoms with Gasteiger partial charge in [0, 0.05) is 36.3 Å². The van der Waals surface area contributed by atoms with E-state index in [-0.39, 0.29) is 18.1 Å². The summed E-state index contributed by atoms with van der Waals surface area (Å²) in [7, 11) is 0. The molecule has 0 radical (unpaired) electrons. The third-order valence-corrected chi connectivity index (χ3v) is 7.43. The van der Waals surface area contributed by atoms with E-state index in [9.17, 15) is 10.4 Å². The Hall–Kier alpha value is -0.240. The van der Waals surface area contributed by atoms with Crippen LogP contribution in [0.3, 0.4) is 0 Å². The minimum absolute atomic E-state index is 0.231. The number of nitrogens with zero attached hydrogens (tertiary/aromatic N) is 3. The lowest BCUT2D eigenvalue weighted by Gasteiger charge is -2.36. The monoisotopic (exact) mass is 471 g/mol. The van der Waals surface area contributed by atoms with Crippen molar-refractivity contribution in [3.63, 3.8) is 0 Å². The van der Waals surface area contributed by atoms with Crippen molar-refractivity contribution < 1.29 is 15.6 Å². The highest BCUT2D eigenvalue weighted by Gasteiger charge is 2.27. The van der Waals surface area contributed by atoms with Crippen LogP contribution in [0, 0.1) is 0 Å². The van der Waals surface area contributed by atoms with Crippen LogP contribution in [0.1, 0.15) is 138 Å². The van der Waals surface area contributed by atoms with Gasteiger partial charge in [-0.3, -0.25) is 0 Å². The molecule has 0 bridgehead atoms. The van der Waals surface area contributed by atoms with Crippen LogP contribution in [0.15, 0.2) is 0 Å². The summed E-state index contributed by atoms with van der Waals surface area (Å²) in [6.07, 6.45) is 19.1. The molecular formula is C27H57N3O3. The maximum absolute atomic E-state index is 10.1. The Morgan fingerprint density at radius 2 is 0.758 bits per heavy atom. The second-order valence-corrected chi connectivity index (χ2v) is 11.3. The van der Waals surface area contributed by atoms with Crippen molar-refractivity contribution in [2.45, 2.75) is 174 Å². The average molecular weight is 472 g/mol. The van der Waals surface area contributed by atoms with Gasteiger partial charge in [-0.25, -0.2) is 0 Å². The lowest BCUT2D eigenvalue weighted by Crippen LogP contribution is -2.42. The van der Waals surface area contributed by atoms with Crippen LogP contribution in [-0.4, -0.2) is 67.1 Å². The zero-order valence-electron chi connectivity index (χ0n) is 22.8. The fraction of sp³-hybridized carbons (Fsp3) is 1.00. The third kappa shape index (κ3) is 12.3. The highest BCUT2D eigenvalue weighted by atomic mass is 16.5. The van der Waals surface area contributed by atoms with Crippen LogP contribution >= 0.6 is 0 Å². The number of hydrogen-bond donors (Lipinski definition) is 3. The summed E-state index contributed by atoms with van der Waals surface area (Å²) in [5.74, 6) is 0. The summed E-state index contributed by atoms with van der Waals surface area (Å²) in [5, 5.41) is 33.3. The molecule has 0 aliphatic heterocycles. The van der Waals surface area contributed by atoms with Crippen LogP contribution in [0.4, 0.5) is 0 Å². The second kappa shape index (κ2) is 17.2. The normalized spacial score (nSPS) is 21.5. The first-order valence-corrected chi connectivity index (χ1v) is 14.1. The number of rotatable bonds is 6. The van der Waals surface area contributed by atoms with E-state index in [2.05, 4.69) is 0 Å². The molecule has 3 fully saturated rings. The summed E-state index contributed by atoms with van der Waals surface area (Å²) in [6.45, 7) is 11.9. The first-order valence-electron chi connectivity index (χ1n) is 14.1. The van der Waals surface area contributed by atoms with Gasteiger partial charge in [0.1, 0.15) is 0 Å². The van der Waals surface area contributed by atoms with E-state index < -0.39 is 0 Å². The lowest BCUT2D eigenvalue weighted by molar-refractivity contribution is -0.173. The van der Waals surface area contributed by atoms with Crippen LogP contribution in [0.5, 0.6) is 0 Å². The Kier molecular flexibility index (Phi) is 16.1. The summed E-state index contributed by atoms with van der Waals surface area (Å²) in [5.41, 5.74) is 0. The minimum Gasteiger partial charge on any atom is -0.313 e. The summed E-state index contributed by atoms with van der Waals surface area (Å²) < 4.78 is 0. The van der Waals surface area contributed by atoms with Gasteiger partial charge in [-0.05, 0) is 80.1 Å². The van der Waals surface area contributed by atoms with E-state index in [1.807, 2.05) is 41.5 Å². The molecule has 0 aromatic carbocycles. The highest BCUT2D eigenvalue weighted by molar-refractivity contribution is 4.78. The van der Waals surface area contributed by atoms with Crippen molar-refractivity contribution in [2.24, 2.45) is 0 Å². The molecule has 6 nitrogen and oxygen atoms in total. The van der Waals surface area contributed by atoms with Gasteiger partial charge in [-0.1, -0.05) is 57.8 Å². The van der Waals surface area contributed by atoms with E-state index in [0.29, 0.717) is 18.1 Å². The van der Waals surface area contributed by atoms with Crippen LogP contribution in [-0.2, 0) is 0 Å². The Morgan fingerprint density at radius 3 is 1.00 bits per heavy atom. The molecule has 6 heteroatoms. The quantitative estimate of drug-likeness (QED) is 0.354. The largest absolute Gasteiger partial charge is 0.313 e. The Bertz CT molecular complexity index is 432. The second-order valence-electron chi connectivity index (χ2n) is 11.3. The van der Waals surface area contributed by atoms with Gasteiger partial charge in [-0.15, -0.1) is 0 Å². The average Bonchev–Trinajstić information content (AvgIpc) is 2.84. The van der Waals surface area contributed by atoms with Gasteiger partial charge >= 0.3 is 0 Å². The molecule has 3 N–H and O–H groups in total. The molecule has 3 saturated carbocycles. The predicted molar refractivity (Wildman–Crippen MR) is 137 cm³/mol. The van der Waals surface area contributed by atoms with Gasteiger partial charge in [0.2, 0.25) is 0 Å². The van der Waals surface area contributed by atoms with Gasteiger partial charge in [0.15, 0.2) is 0 Å². The Morgan fingerprint density at radius 1 is 0.455 bits per heavy atom. The highest BCUT2D eigenvalue weighted by Crippen LogP contribution is 2.28. The Balaban J connectivity index is 0.000000259. The molecule has 0 aromatic heterocycles. The molecule has 33 heavy (non-hydrogen) atoms. The smallest absolute Gasteiger partial charge is 0.0353 e. The first-order chi connectivity index (χ1) is 15.6. The number of hydrogen-bond acceptors (Lipinski definition) is 6. The van der Waals surface area contributed by atoms with Crippen molar-refractivity contribution in [2.75, 3.05) is 0 Å². The molecule has 198 valence electrons.